The molecule has 3 rings (SSSR count). The summed E-state index contributed by atoms with van der Waals surface area (Å²) in [7, 11) is 0. The van der Waals surface area contributed by atoms with Gasteiger partial charge in [0.05, 0.1) is 6.61 Å². The fourth-order valence-corrected chi connectivity index (χ4v) is 3.41. The maximum Gasteiger partial charge on any atom is 0.287 e. The van der Waals surface area contributed by atoms with Crippen LogP contribution in [0.2, 0.25) is 0 Å². The van der Waals surface area contributed by atoms with Crippen molar-refractivity contribution in [2.45, 2.75) is 44.9 Å². The number of carbonyl (C=O) groups excluding carboxylic acids is 3. The summed E-state index contributed by atoms with van der Waals surface area (Å²) in [5.74, 6) is -1.38. The molecule has 0 fully saturated rings. The highest BCUT2D eigenvalue weighted by molar-refractivity contribution is 6.03. The molecular formula is C20H24N2O5. The fourth-order valence-electron chi connectivity index (χ4n) is 3.41. The number of amides is 2. The summed E-state index contributed by atoms with van der Waals surface area (Å²) >= 11 is 0. The Hall–Kier alpha value is -2.67. The van der Waals surface area contributed by atoms with E-state index in [0.29, 0.717) is 13.1 Å². The summed E-state index contributed by atoms with van der Waals surface area (Å²) in [6.45, 7) is 3.85. The van der Waals surface area contributed by atoms with Crippen LogP contribution in [0.5, 0.6) is 0 Å². The molecule has 0 radical (unpaired) electrons. The zero-order valence-corrected chi connectivity index (χ0v) is 15.5. The van der Waals surface area contributed by atoms with Crippen LogP contribution in [0.3, 0.4) is 0 Å². The number of carbonyl (C=O) groups is 3. The van der Waals surface area contributed by atoms with Gasteiger partial charge in [-0.05, 0) is 31.4 Å². The van der Waals surface area contributed by atoms with Crippen LogP contribution in [0.25, 0.3) is 0 Å². The van der Waals surface area contributed by atoms with E-state index in [1.165, 1.54) is 5.56 Å². The van der Waals surface area contributed by atoms with E-state index in [0.717, 1.165) is 18.1 Å². The zero-order chi connectivity index (χ0) is 19.6. The Morgan fingerprint density at radius 3 is 2.67 bits per heavy atom. The standard InChI is InChI=1S/C20H24N2O5/c1-20(2)10-15(24)9-17(27-20)18(25)21-16(12-23)19(26)22-8-7-13-5-3-4-6-14(13)11-22/h3-6,9,16,23H,7-8,10-12H2,1-2H3,(H,21,25). The SMILES string of the molecule is CC1(C)CC(=O)C=C(C(=O)NC(CO)C(=O)N2CCc3ccccc3C2)O1. The van der Waals surface area contributed by atoms with Gasteiger partial charge in [-0.2, -0.15) is 0 Å². The second-order valence-corrected chi connectivity index (χ2v) is 7.50. The van der Waals surface area contributed by atoms with E-state index in [1.807, 2.05) is 24.3 Å². The van der Waals surface area contributed by atoms with Crippen molar-refractivity contribution in [3.63, 3.8) is 0 Å². The molecule has 0 aromatic heterocycles. The average molecular weight is 372 g/mol. The summed E-state index contributed by atoms with van der Waals surface area (Å²) in [5.41, 5.74) is 1.48. The van der Waals surface area contributed by atoms with E-state index in [4.69, 9.17) is 4.74 Å². The first-order valence-electron chi connectivity index (χ1n) is 9.00. The molecule has 2 N–H and O–H groups in total. The lowest BCUT2D eigenvalue weighted by atomic mass is 9.98. The molecule has 0 aliphatic carbocycles. The van der Waals surface area contributed by atoms with Crippen molar-refractivity contribution < 1.29 is 24.2 Å². The Morgan fingerprint density at radius 1 is 1.30 bits per heavy atom. The van der Waals surface area contributed by atoms with E-state index in [2.05, 4.69) is 5.32 Å². The second kappa shape index (κ2) is 7.52. The molecule has 1 atom stereocenters. The first-order chi connectivity index (χ1) is 12.8. The number of ether oxygens (including phenoxy) is 1. The van der Waals surface area contributed by atoms with Gasteiger partial charge in [0, 0.05) is 25.6 Å². The molecular weight excluding hydrogens is 348 g/mol. The van der Waals surface area contributed by atoms with Crippen LogP contribution in [0, 0.1) is 0 Å². The van der Waals surface area contributed by atoms with Gasteiger partial charge in [0.2, 0.25) is 5.91 Å². The molecule has 144 valence electrons. The second-order valence-electron chi connectivity index (χ2n) is 7.50. The summed E-state index contributed by atoms with van der Waals surface area (Å²) in [6.07, 6.45) is 2.04. The summed E-state index contributed by atoms with van der Waals surface area (Å²) < 4.78 is 5.54. The number of hydrogen-bond donors (Lipinski definition) is 2. The average Bonchev–Trinajstić information content (AvgIpc) is 2.63. The maximum atomic E-state index is 12.8. The van der Waals surface area contributed by atoms with Gasteiger partial charge in [0.1, 0.15) is 11.6 Å². The number of aliphatic hydroxyl groups is 1. The van der Waals surface area contributed by atoms with Crippen molar-refractivity contribution in [3.8, 4) is 0 Å². The number of hydrogen-bond acceptors (Lipinski definition) is 5. The number of ketones is 1. The quantitative estimate of drug-likeness (QED) is 0.811. The molecule has 1 aromatic rings. The molecule has 0 saturated heterocycles. The highest BCUT2D eigenvalue weighted by atomic mass is 16.5. The Balaban J connectivity index is 1.67. The number of rotatable bonds is 4. The van der Waals surface area contributed by atoms with E-state index in [-0.39, 0.29) is 23.9 Å². The third kappa shape index (κ3) is 4.36. The summed E-state index contributed by atoms with van der Waals surface area (Å²) in [6, 6.07) is 6.80. The van der Waals surface area contributed by atoms with Crippen molar-refractivity contribution in [2.24, 2.45) is 0 Å². The molecule has 7 heteroatoms. The van der Waals surface area contributed by atoms with Crippen molar-refractivity contribution in [3.05, 3.63) is 47.2 Å². The summed E-state index contributed by atoms with van der Waals surface area (Å²) in [4.78, 5) is 38.6. The predicted octanol–water partition coefficient (Wildman–Crippen LogP) is 0.700. The van der Waals surface area contributed by atoms with Gasteiger partial charge >= 0.3 is 0 Å². The molecule has 2 heterocycles. The number of nitrogens with zero attached hydrogens (tertiary/aromatic N) is 1. The van der Waals surface area contributed by atoms with Crippen LogP contribution >= 0.6 is 0 Å². The molecule has 2 amide bonds. The van der Waals surface area contributed by atoms with Crippen LogP contribution in [0.1, 0.15) is 31.4 Å². The van der Waals surface area contributed by atoms with Crippen LogP contribution in [-0.2, 0) is 32.1 Å². The predicted molar refractivity (Wildman–Crippen MR) is 97.5 cm³/mol. The molecule has 1 aromatic carbocycles. The lowest BCUT2D eigenvalue weighted by Crippen LogP contribution is -2.52. The number of allylic oxidation sites excluding steroid dienone is 1. The molecule has 7 nitrogen and oxygen atoms in total. The van der Waals surface area contributed by atoms with E-state index >= 15 is 0 Å². The molecule has 0 spiro atoms. The first-order valence-corrected chi connectivity index (χ1v) is 9.00. The number of fused-ring (bicyclic) bond motifs is 1. The molecule has 2 aliphatic rings. The monoisotopic (exact) mass is 372 g/mol. The minimum atomic E-state index is -1.09. The Bertz CT molecular complexity index is 799. The fraction of sp³-hybridized carbons (Fsp3) is 0.450. The van der Waals surface area contributed by atoms with E-state index in [1.54, 1.807) is 18.7 Å². The smallest absolute Gasteiger partial charge is 0.287 e. The van der Waals surface area contributed by atoms with E-state index < -0.39 is 24.2 Å². The van der Waals surface area contributed by atoms with Crippen LogP contribution < -0.4 is 5.32 Å². The zero-order valence-electron chi connectivity index (χ0n) is 15.5. The lowest BCUT2D eigenvalue weighted by molar-refractivity contribution is -0.139. The van der Waals surface area contributed by atoms with Crippen molar-refractivity contribution >= 4 is 17.6 Å². The molecule has 2 aliphatic heterocycles. The van der Waals surface area contributed by atoms with Gasteiger partial charge in [-0.25, -0.2) is 0 Å². The van der Waals surface area contributed by atoms with Gasteiger partial charge in [-0.15, -0.1) is 0 Å². The number of nitrogens with one attached hydrogen (secondary N) is 1. The van der Waals surface area contributed by atoms with E-state index in [9.17, 15) is 19.5 Å². The van der Waals surface area contributed by atoms with Crippen molar-refractivity contribution in [1.82, 2.24) is 10.2 Å². The Kier molecular flexibility index (Phi) is 5.32. The highest BCUT2D eigenvalue weighted by Gasteiger charge is 2.34. The molecule has 0 saturated carbocycles. The molecule has 0 bridgehead atoms. The Labute approximate surface area is 158 Å². The molecule has 1 unspecified atom stereocenters. The van der Waals surface area contributed by atoms with Crippen LogP contribution in [-0.4, -0.2) is 52.4 Å². The normalized spacial score (nSPS) is 19.4. The topological polar surface area (TPSA) is 95.9 Å². The lowest BCUT2D eigenvalue weighted by Gasteiger charge is -2.33. The Morgan fingerprint density at radius 2 is 2.00 bits per heavy atom. The third-order valence-electron chi connectivity index (χ3n) is 4.73. The number of aliphatic hydroxyl groups excluding tert-OH is 1. The van der Waals surface area contributed by atoms with Gasteiger partial charge in [0.25, 0.3) is 5.91 Å². The van der Waals surface area contributed by atoms with Crippen LogP contribution in [0.4, 0.5) is 0 Å². The maximum absolute atomic E-state index is 12.8. The van der Waals surface area contributed by atoms with Crippen molar-refractivity contribution in [1.29, 1.82) is 0 Å². The number of benzene rings is 1. The third-order valence-corrected chi connectivity index (χ3v) is 4.73. The largest absolute Gasteiger partial charge is 0.482 e. The highest BCUT2D eigenvalue weighted by Crippen LogP contribution is 2.25. The van der Waals surface area contributed by atoms with Crippen LogP contribution in [0.15, 0.2) is 36.1 Å². The minimum absolute atomic E-state index is 0.133. The molecule has 27 heavy (non-hydrogen) atoms. The van der Waals surface area contributed by atoms with Crippen molar-refractivity contribution in [2.75, 3.05) is 13.2 Å². The van der Waals surface area contributed by atoms with Gasteiger partial charge < -0.3 is 20.1 Å². The van der Waals surface area contributed by atoms with Gasteiger partial charge in [-0.1, -0.05) is 24.3 Å². The minimum Gasteiger partial charge on any atom is -0.482 e. The summed E-state index contributed by atoms with van der Waals surface area (Å²) in [5, 5.41) is 12.1. The first kappa shape index (κ1) is 19.1. The van der Waals surface area contributed by atoms with Gasteiger partial charge in [-0.3, -0.25) is 14.4 Å². The van der Waals surface area contributed by atoms with Gasteiger partial charge in [0.15, 0.2) is 11.5 Å².